The fourth-order valence-electron chi connectivity index (χ4n) is 2.38. The highest BCUT2D eigenvalue weighted by atomic mass is 15.3. The van der Waals surface area contributed by atoms with Gasteiger partial charge in [0.2, 0.25) is 5.95 Å². The van der Waals surface area contributed by atoms with Crippen LogP contribution in [0.25, 0.3) is 0 Å². The van der Waals surface area contributed by atoms with Crippen LogP contribution >= 0.6 is 0 Å². The lowest BCUT2D eigenvalue weighted by Gasteiger charge is -2.20. The molecule has 17 heavy (non-hydrogen) atoms. The average Bonchev–Trinajstić information content (AvgIpc) is 2.79. The third-order valence-corrected chi connectivity index (χ3v) is 3.31. The molecule has 4 nitrogen and oxygen atoms in total. The van der Waals surface area contributed by atoms with E-state index in [1.807, 2.05) is 0 Å². The highest BCUT2D eigenvalue weighted by Crippen LogP contribution is 2.28. The summed E-state index contributed by atoms with van der Waals surface area (Å²) in [4.78, 5) is 11.6. The van der Waals surface area contributed by atoms with Crippen LogP contribution in [0.1, 0.15) is 38.4 Å². The van der Waals surface area contributed by atoms with Crippen molar-refractivity contribution in [2.24, 2.45) is 0 Å². The van der Waals surface area contributed by atoms with Gasteiger partial charge in [-0.3, -0.25) is 0 Å². The van der Waals surface area contributed by atoms with Gasteiger partial charge in [0.25, 0.3) is 0 Å². The van der Waals surface area contributed by atoms with E-state index >= 15 is 0 Å². The molecule has 0 spiro atoms. The molecule has 1 N–H and O–H groups in total. The molecule has 0 unspecified atom stereocenters. The summed E-state index contributed by atoms with van der Waals surface area (Å²) in [5, 5.41) is 3.37. The maximum Gasteiger partial charge on any atom is 0.227 e. The van der Waals surface area contributed by atoms with E-state index < -0.39 is 0 Å². The van der Waals surface area contributed by atoms with Crippen molar-refractivity contribution in [3.8, 4) is 0 Å². The molecule has 0 saturated carbocycles. The van der Waals surface area contributed by atoms with Gasteiger partial charge in [-0.2, -0.15) is 4.98 Å². The molecule has 0 aliphatic heterocycles. The van der Waals surface area contributed by atoms with Crippen LogP contribution in [0.2, 0.25) is 0 Å². The molecule has 0 atom stereocenters. The zero-order chi connectivity index (χ0) is 12.3. The van der Waals surface area contributed by atoms with Gasteiger partial charge in [-0.1, -0.05) is 0 Å². The molecule has 1 heterocycles. The first-order valence-electron chi connectivity index (χ1n) is 6.68. The Bertz CT molecular complexity index is 385. The zero-order valence-electron chi connectivity index (χ0n) is 11.1. The van der Waals surface area contributed by atoms with Gasteiger partial charge >= 0.3 is 0 Å². The van der Waals surface area contributed by atoms with Crippen molar-refractivity contribution in [3.63, 3.8) is 0 Å². The Balaban J connectivity index is 2.38. The van der Waals surface area contributed by atoms with Crippen LogP contribution < -0.4 is 10.2 Å². The minimum Gasteiger partial charge on any atom is -0.370 e. The van der Waals surface area contributed by atoms with Crippen LogP contribution in [0.3, 0.4) is 0 Å². The third kappa shape index (κ3) is 2.35. The van der Waals surface area contributed by atoms with Gasteiger partial charge in [0.05, 0.1) is 5.69 Å². The Morgan fingerprint density at radius 3 is 2.53 bits per heavy atom. The van der Waals surface area contributed by atoms with Gasteiger partial charge in [0, 0.05) is 25.2 Å². The van der Waals surface area contributed by atoms with Gasteiger partial charge in [0.1, 0.15) is 5.82 Å². The quantitative estimate of drug-likeness (QED) is 0.848. The second-order valence-electron chi connectivity index (χ2n) is 4.35. The van der Waals surface area contributed by atoms with E-state index in [0.29, 0.717) is 0 Å². The van der Waals surface area contributed by atoms with E-state index in [9.17, 15) is 0 Å². The van der Waals surface area contributed by atoms with Gasteiger partial charge in [-0.15, -0.1) is 0 Å². The molecule has 0 bridgehead atoms. The van der Waals surface area contributed by atoms with Crippen molar-refractivity contribution in [1.82, 2.24) is 9.97 Å². The van der Waals surface area contributed by atoms with Crippen LogP contribution in [0.15, 0.2) is 0 Å². The Morgan fingerprint density at radius 2 is 1.88 bits per heavy atom. The van der Waals surface area contributed by atoms with Crippen molar-refractivity contribution >= 4 is 11.8 Å². The van der Waals surface area contributed by atoms with Crippen molar-refractivity contribution < 1.29 is 0 Å². The Morgan fingerprint density at radius 1 is 1.12 bits per heavy atom. The van der Waals surface area contributed by atoms with Gasteiger partial charge < -0.3 is 10.2 Å². The van der Waals surface area contributed by atoms with E-state index in [2.05, 4.69) is 36.0 Å². The number of nitrogens with one attached hydrogen (secondary N) is 1. The van der Waals surface area contributed by atoms with E-state index in [4.69, 9.17) is 4.98 Å². The summed E-state index contributed by atoms with van der Waals surface area (Å²) in [7, 11) is 0. The standard InChI is InChI=1S/C13H22N4/c1-4-14-12-10-8-7-9-11(10)15-13(16-12)17(5-2)6-3/h4-9H2,1-3H3,(H,14,15,16). The van der Waals surface area contributed by atoms with Crippen molar-refractivity contribution in [2.75, 3.05) is 29.9 Å². The fraction of sp³-hybridized carbons (Fsp3) is 0.692. The number of hydrogen-bond acceptors (Lipinski definition) is 4. The van der Waals surface area contributed by atoms with Crippen LogP contribution in [0, 0.1) is 0 Å². The number of aryl methyl sites for hydroxylation is 1. The topological polar surface area (TPSA) is 41.1 Å². The zero-order valence-corrected chi connectivity index (χ0v) is 11.1. The normalized spacial score (nSPS) is 13.6. The minimum atomic E-state index is 0.881. The van der Waals surface area contributed by atoms with E-state index in [1.54, 1.807) is 0 Å². The molecule has 1 aliphatic rings. The lowest BCUT2D eigenvalue weighted by atomic mass is 10.2. The second kappa shape index (κ2) is 5.34. The summed E-state index contributed by atoms with van der Waals surface area (Å²) >= 11 is 0. The smallest absolute Gasteiger partial charge is 0.227 e. The molecular formula is C13H22N4. The van der Waals surface area contributed by atoms with Crippen molar-refractivity contribution in [2.45, 2.75) is 40.0 Å². The Kier molecular flexibility index (Phi) is 3.82. The fourth-order valence-corrected chi connectivity index (χ4v) is 2.38. The van der Waals surface area contributed by atoms with Gasteiger partial charge in [-0.25, -0.2) is 4.98 Å². The maximum absolute atomic E-state index is 4.71. The Labute approximate surface area is 103 Å². The predicted octanol–water partition coefficient (Wildman–Crippen LogP) is 2.24. The highest BCUT2D eigenvalue weighted by Gasteiger charge is 2.20. The van der Waals surface area contributed by atoms with Gasteiger partial charge in [0.15, 0.2) is 0 Å². The lowest BCUT2D eigenvalue weighted by Crippen LogP contribution is -2.25. The van der Waals surface area contributed by atoms with Gasteiger partial charge in [-0.05, 0) is 40.0 Å². The number of aromatic nitrogens is 2. The number of fused-ring (bicyclic) bond motifs is 1. The molecule has 94 valence electrons. The molecule has 0 aromatic carbocycles. The van der Waals surface area contributed by atoms with Crippen LogP contribution in [0.4, 0.5) is 11.8 Å². The largest absolute Gasteiger partial charge is 0.370 e. The summed E-state index contributed by atoms with van der Waals surface area (Å²) in [6.45, 7) is 9.24. The Hall–Kier alpha value is -1.32. The molecule has 1 aromatic rings. The summed E-state index contributed by atoms with van der Waals surface area (Å²) in [5.41, 5.74) is 2.58. The maximum atomic E-state index is 4.71. The molecule has 1 aromatic heterocycles. The minimum absolute atomic E-state index is 0.881. The molecular weight excluding hydrogens is 212 g/mol. The SMILES string of the molecule is CCNc1nc(N(CC)CC)nc2c1CCC2. The summed E-state index contributed by atoms with van der Waals surface area (Å²) in [5.74, 6) is 1.93. The predicted molar refractivity (Wildman–Crippen MR) is 71.8 cm³/mol. The number of nitrogens with zero attached hydrogens (tertiary/aromatic N) is 3. The average molecular weight is 234 g/mol. The molecule has 4 heteroatoms. The molecule has 0 amide bonds. The second-order valence-corrected chi connectivity index (χ2v) is 4.35. The van der Waals surface area contributed by atoms with E-state index in [-0.39, 0.29) is 0 Å². The monoisotopic (exact) mass is 234 g/mol. The van der Waals surface area contributed by atoms with Crippen LogP contribution in [0.5, 0.6) is 0 Å². The number of anilines is 2. The van der Waals surface area contributed by atoms with Crippen molar-refractivity contribution in [1.29, 1.82) is 0 Å². The molecule has 0 fully saturated rings. The van der Waals surface area contributed by atoms with Crippen LogP contribution in [-0.2, 0) is 12.8 Å². The molecule has 0 radical (unpaired) electrons. The first kappa shape index (κ1) is 12.1. The highest BCUT2D eigenvalue weighted by molar-refractivity contribution is 5.53. The van der Waals surface area contributed by atoms with E-state index in [0.717, 1.165) is 44.2 Å². The first-order chi connectivity index (χ1) is 8.30. The molecule has 0 saturated heterocycles. The lowest BCUT2D eigenvalue weighted by molar-refractivity contribution is 0.811. The third-order valence-electron chi connectivity index (χ3n) is 3.31. The van der Waals surface area contributed by atoms with E-state index in [1.165, 1.54) is 17.7 Å². The summed E-state index contributed by atoms with van der Waals surface area (Å²) in [6, 6.07) is 0. The van der Waals surface area contributed by atoms with Crippen molar-refractivity contribution in [3.05, 3.63) is 11.3 Å². The van der Waals surface area contributed by atoms with Crippen LogP contribution in [-0.4, -0.2) is 29.6 Å². The molecule has 2 rings (SSSR count). The first-order valence-corrected chi connectivity index (χ1v) is 6.68. The summed E-state index contributed by atoms with van der Waals surface area (Å²) in [6.07, 6.45) is 3.44. The summed E-state index contributed by atoms with van der Waals surface area (Å²) < 4.78 is 0. The number of rotatable bonds is 5. The number of hydrogen-bond donors (Lipinski definition) is 1. The molecule has 1 aliphatic carbocycles.